The van der Waals surface area contributed by atoms with Crippen LogP contribution in [0.25, 0.3) is 0 Å². The number of nitrogens with zero attached hydrogens (tertiary/aromatic N) is 5. The van der Waals surface area contributed by atoms with E-state index in [1.165, 1.54) is 21.3 Å². The van der Waals surface area contributed by atoms with Crippen LogP contribution in [0.3, 0.4) is 0 Å². The topological polar surface area (TPSA) is 110 Å². The third-order valence-corrected chi connectivity index (χ3v) is 6.91. The van der Waals surface area contributed by atoms with Gasteiger partial charge in [0.15, 0.2) is 0 Å². The molecule has 2 aliphatic heterocycles. The summed E-state index contributed by atoms with van der Waals surface area (Å²) in [5.74, 6) is -0.265. The lowest BCUT2D eigenvalue weighted by atomic mass is 10.1. The standard InChI is InChI=1S/C11H15N5O4S2/c1-15-11(12-13-14-15)21-4-6-5-22(20-2)8-3-7(17)16(8)9(6)10(18)19/h8,22H,3-5H2,1-2H3,(H,18,19). The van der Waals surface area contributed by atoms with Gasteiger partial charge in [0.25, 0.3) is 0 Å². The van der Waals surface area contributed by atoms with Crippen molar-refractivity contribution in [2.45, 2.75) is 17.0 Å². The van der Waals surface area contributed by atoms with Crippen molar-refractivity contribution in [3.8, 4) is 0 Å². The minimum Gasteiger partial charge on any atom is -0.477 e. The Morgan fingerprint density at radius 1 is 1.59 bits per heavy atom. The summed E-state index contributed by atoms with van der Waals surface area (Å²) in [5, 5.41) is 21.1. The Bertz CT molecular complexity index is 661. The molecular formula is C11H15N5O4S2. The highest BCUT2D eigenvalue weighted by molar-refractivity contribution is 8.13. The summed E-state index contributed by atoms with van der Waals surface area (Å²) in [5.41, 5.74) is 0.789. The van der Waals surface area contributed by atoms with Crippen molar-refractivity contribution >= 4 is 34.8 Å². The van der Waals surface area contributed by atoms with E-state index < -0.39 is 17.1 Å². The number of amides is 1. The molecule has 2 atom stereocenters. The van der Waals surface area contributed by atoms with Crippen molar-refractivity contribution in [2.75, 3.05) is 18.6 Å². The highest BCUT2D eigenvalue weighted by Gasteiger charge is 2.48. The normalized spacial score (nSPS) is 25.9. The van der Waals surface area contributed by atoms with Gasteiger partial charge in [0.1, 0.15) is 5.70 Å². The maximum Gasteiger partial charge on any atom is 0.352 e. The van der Waals surface area contributed by atoms with E-state index in [2.05, 4.69) is 15.5 Å². The molecule has 22 heavy (non-hydrogen) atoms. The number of β-lactam (4-membered cyclic amide) rings is 1. The lowest BCUT2D eigenvalue weighted by Crippen LogP contribution is -2.56. The number of carboxylic acids is 1. The van der Waals surface area contributed by atoms with Gasteiger partial charge < -0.3 is 9.29 Å². The number of rotatable bonds is 5. The zero-order valence-electron chi connectivity index (χ0n) is 12.0. The molecule has 1 aromatic rings. The monoisotopic (exact) mass is 345 g/mol. The minimum absolute atomic E-state index is 0.0969. The zero-order chi connectivity index (χ0) is 15.9. The van der Waals surface area contributed by atoms with E-state index in [-0.39, 0.29) is 17.0 Å². The molecule has 1 fully saturated rings. The molecule has 3 rings (SSSR count). The van der Waals surface area contributed by atoms with E-state index in [1.54, 1.807) is 14.2 Å². The SMILES string of the molecule is CO[SH]1CC(CSc2nnnn2C)=C(C(=O)O)N2C(=O)CC21. The summed E-state index contributed by atoms with van der Waals surface area (Å²) in [4.78, 5) is 24.8. The predicted molar refractivity (Wildman–Crippen MR) is 80.3 cm³/mol. The molecule has 0 radical (unpaired) electrons. The van der Waals surface area contributed by atoms with Crippen LogP contribution in [0.1, 0.15) is 6.42 Å². The molecule has 1 N–H and O–H groups in total. The number of hydrogen-bond acceptors (Lipinski definition) is 7. The highest BCUT2D eigenvalue weighted by atomic mass is 32.2. The van der Waals surface area contributed by atoms with Gasteiger partial charge >= 0.3 is 5.97 Å². The van der Waals surface area contributed by atoms with E-state index in [9.17, 15) is 14.7 Å². The molecule has 2 aliphatic rings. The summed E-state index contributed by atoms with van der Waals surface area (Å²) < 4.78 is 7.00. The van der Waals surface area contributed by atoms with Crippen molar-refractivity contribution in [2.24, 2.45) is 7.05 Å². The van der Waals surface area contributed by atoms with E-state index in [1.807, 2.05) is 0 Å². The summed E-state index contributed by atoms with van der Waals surface area (Å²) >= 11 is 0.480. The number of carboxylic acid groups (broad SMARTS) is 1. The van der Waals surface area contributed by atoms with Crippen LogP contribution in [-0.4, -0.2) is 66.1 Å². The van der Waals surface area contributed by atoms with Crippen molar-refractivity contribution in [1.29, 1.82) is 0 Å². The van der Waals surface area contributed by atoms with Crippen molar-refractivity contribution in [1.82, 2.24) is 25.1 Å². The first-order chi connectivity index (χ1) is 10.5. The second-order valence-electron chi connectivity index (χ2n) is 4.84. The number of thiol groups is 1. The highest BCUT2D eigenvalue weighted by Crippen LogP contribution is 2.50. The van der Waals surface area contributed by atoms with Crippen LogP contribution < -0.4 is 0 Å². The Hall–Kier alpha value is -1.59. The maximum atomic E-state index is 11.8. The second kappa shape index (κ2) is 5.89. The molecule has 0 saturated carbocycles. The molecule has 0 spiro atoms. The smallest absolute Gasteiger partial charge is 0.352 e. The number of fused-ring (bicyclic) bond motifs is 1. The minimum atomic E-state index is -1.07. The van der Waals surface area contributed by atoms with Gasteiger partial charge in [-0.15, -0.1) is 16.3 Å². The largest absolute Gasteiger partial charge is 0.477 e. The van der Waals surface area contributed by atoms with Crippen LogP contribution >= 0.6 is 22.9 Å². The van der Waals surface area contributed by atoms with Gasteiger partial charge in [-0.1, -0.05) is 11.8 Å². The van der Waals surface area contributed by atoms with Crippen LogP contribution in [0.2, 0.25) is 0 Å². The molecule has 0 aliphatic carbocycles. The van der Waals surface area contributed by atoms with Crippen molar-refractivity contribution < 1.29 is 18.9 Å². The van der Waals surface area contributed by atoms with Gasteiger partial charge in [-0.05, 0) is 16.0 Å². The molecule has 0 aromatic carbocycles. The summed E-state index contributed by atoms with van der Waals surface area (Å²) in [6, 6.07) is 0. The Balaban J connectivity index is 1.87. The fraction of sp³-hybridized carbons (Fsp3) is 0.545. The van der Waals surface area contributed by atoms with Gasteiger partial charge in [0.2, 0.25) is 11.1 Å². The number of aromatic nitrogens is 4. The summed E-state index contributed by atoms with van der Waals surface area (Å²) in [6.07, 6.45) is 0.365. The fourth-order valence-corrected chi connectivity index (χ4v) is 5.59. The van der Waals surface area contributed by atoms with E-state index >= 15 is 0 Å². The number of aryl methyl sites for hydroxylation is 1. The predicted octanol–water partition coefficient (Wildman–Crippen LogP) is -0.225. The number of hydrogen-bond donors (Lipinski definition) is 2. The van der Waals surface area contributed by atoms with Gasteiger partial charge in [0, 0.05) is 25.7 Å². The number of carbonyl (C=O) groups is 2. The van der Waals surface area contributed by atoms with Crippen LogP contribution in [0.4, 0.5) is 0 Å². The van der Waals surface area contributed by atoms with Crippen LogP contribution in [0.15, 0.2) is 16.4 Å². The molecule has 120 valence electrons. The Morgan fingerprint density at radius 3 is 2.91 bits per heavy atom. The molecule has 1 saturated heterocycles. The van der Waals surface area contributed by atoms with E-state index in [4.69, 9.17) is 4.18 Å². The van der Waals surface area contributed by atoms with Gasteiger partial charge in [-0.2, -0.15) is 0 Å². The van der Waals surface area contributed by atoms with Crippen LogP contribution in [-0.2, 0) is 20.8 Å². The summed E-state index contributed by atoms with van der Waals surface area (Å²) in [6.45, 7) is 0. The third kappa shape index (κ3) is 2.48. The number of tetrazole rings is 1. The first-order valence-electron chi connectivity index (χ1n) is 6.46. The Labute approximate surface area is 133 Å². The van der Waals surface area contributed by atoms with Gasteiger partial charge in [-0.25, -0.2) is 9.48 Å². The molecule has 11 heteroatoms. The molecule has 3 heterocycles. The molecule has 1 amide bonds. The lowest BCUT2D eigenvalue weighted by molar-refractivity contribution is -0.146. The van der Waals surface area contributed by atoms with Crippen LogP contribution in [0, 0.1) is 0 Å². The Kier molecular flexibility index (Phi) is 4.10. The first-order valence-corrected chi connectivity index (χ1v) is 8.96. The van der Waals surface area contributed by atoms with E-state index in [0.717, 1.165) is 0 Å². The van der Waals surface area contributed by atoms with Crippen molar-refractivity contribution in [3.05, 3.63) is 11.3 Å². The molecule has 1 aromatic heterocycles. The molecular weight excluding hydrogens is 330 g/mol. The third-order valence-electron chi connectivity index (χ3n) is 3.57. The van der Waals surface area contributed by atoms with Gasteiger partial charge in [0.05, 0.1) is 11.8 Å². The first kappa shape index (κ1) is 15.3. The summed E-state index contributed by atoms with van der Waals surface area (Å²) in [7, 11) is 3.32. The molecule has 2 unspecified atom stereocenters. The molecule has 0 bridgehead atoms. The zero-order valence-corrected chi connectivity index (χ0v) is 13.7. The second-order valence-corrected chi connectivity index (χ2v) is 7.89. The quantitative estimate of drug-likeness (QED) is 0.428. The number of aliphatic carboxylic acids is 1. The average Bonchev–Trinajstić information content (AvgIpc) is 2.89. The lowest BCUT2D eigenvalue weighted by Gasteiger charge is -2.49. The molecule has 9 nitrogen and oxygen atoms in total. The van der Waals surface area contributed by atoms with E-state index in [0.29, 0.717) is 28.7 Å². The maximum absolute atomic E-state index is 11.8. The number of carbonyl (C=O) groups excluding carboxylic acids is 1. The Morgan fingerprint density at radius 2 is 2.36 bits per heavy atom. The fourth-order valence-electron chi connectivity index (χ4n) is 2.49. The number of thioether (sulfide) groups is 1. The average molecular weight is 345 g/mol. The van der Waals surface area contributed by atoms with Crippen LogP contribution in [0.5, 0.6) is 0 Å². The van der Waals surface area contributed by atoms with Gasteiger partial charge in [-0.3, -0.25) is 9.69 Å². The van der Waals surface area contributed by atoms with Crippen molar-refractivity contribution in [3.63, 3.8) is 0 Å².